The van der Waals surface area contributed by atoms with Crippen molar-refractivity contribution >= 4 is 5.52 Å². The molecule has 1 fully saturated rings. The lowest BCUT2D eigenvalue weighted by molar-refractivity contribution is 0.705. The predicted molar refractivity (Wildman–Crippen MR) is 69.3 cm³/mol. The van der Waals surface area contributed by atoms with E-state index in [4.69, 9.17) is 10.7 Å². The maximum atomic E-state index is 5.93. The molecule has 1 aliphatic rings. The van der Waals surface area contributed by atoms with Gasteiger partial charge in [-0.2, -0.15) is 0 Å². The van der Waals surface area contributed by atoms with Crippen LogP contribution in [0.25, 0.3) is 5.52 Å². The second kappa shape index (κ2) is 3.84. The van der Waals surface area contributed by atoms with Crippen molar-refractivity contribution in [3.8, 4) is 0 Å². The summed E-state index contributed by atoms with van der Waals surface area (Å²) in [6.45, 7) is 4.15. The molecule has 0 spiro atoms. The summed E-state index contributed by atoms with van der Waals surface area (Å²) in [4.78, 5) is 4.74. The second-order valence-corrected chi connectivity index (χ2v) is 5.25. The summed E-state index contributed by atoms with van der Waals surface area (Å²) in [5.41, 5.74) is 9.60. The number of nitrogens with two attached hydrogens (primary N) is 1. The smallest absolute Gasteiger partial charge is 0.116 e. The summed E-state index contributed by atoms with van der Waals surface area (Å²) >= 11 is 0. The Morgan fingerprint density at radius 3 is 2.88 bits per heavy atom. The average molecular weight is 229 g/mol. The molecule has 0 aliphatic heterocycles. The van der Waals surface area contributed by atoms with Gasteiger partial charge in [0, 0.05) is 24.1 Å². The van der Waals surface area contributed by atoms with Crippen LogP contribution in [0.15, 0.2) is 18.2 Å². The lowest BCUT2D eigenvalue weighted by atomic mass is 10.1. The van der Waals surface area contributed by atoms with Crippen LogP contribution in [0.1, 0.15) is 42.9 Å². The van der Waals surface area contributed by atoms with Gasteiger partial charge in [-0.3, -0.25) is 0 Å². The molecule has 2 heterocycles. The first kappa shape index (κ1) is 10.8. The van der Waals surface area contributed by atoms with Gasteiger partial charge in [0.2, 0.25) is 0 Å². The van der Waals surface area contributed by atoms with Gasteiger partial charge in [0.15, 0.2) is 0 Å². The lowest BCUT2D eigenvalue weighted by Crippen LogP contribution is -2.19. The van der Waals surface area contributed by atoms with Gasteiger partial charge in [-0.1, -0.05) is 6.07 Å². The van der Waals surface area contributed by atoms with Crippen molar-refractivity contribution in [1.29, 1.82) is 0 Å². The fourth-order valence-corrected chi connectivity index (χ4v) is 2.49. The third-order valence-electron chi connectivity index (χ3n) is 3.43. The highest BCUT2D eigenvalue weighted by Crippen LogP contribution is 2.40. The molecule has 1 saturated carbocycles. The van der Waals surface area contributed by atoms with Crippen molar-refractivity contribution in [2.24, 2.45) is 5.73 Å². The van der Waals surface area contributed by atoms with Crippen LogP contribution >= 0.6 is 0 Å². The number of nitrogens with zero attached hydrogens (tertiary/aromatic N) is 2. The molecular formula is C14H19N3. The van der Waals surface area contributed by atoms with Gasteiger partial charge in [0.1, 0.15) is 5.82 Å². The fourth-order valence-electron chi connectivity index (χ4n) is 2.49. The van der Waals surface area contributed by atoms with Crippen molar-refractivity contribution in [2.45, 2.75) is 45.1 Å². The van der Waals surface area contributed by atoms with Crippen LogP contribution in [0.4, 0.5) is 0 Å². The molecule has 3 heteroatoms. The van der Waals surface area contributed by atoms with Crippen LogP contribution in [-0.4, -0.2) is 15.4 Å². The summed E-state index contributed by atoms with van der Waals surface area (Å²) in [7, 11) is 0. The molecule has 1 unspecified atom stereocenters. The van der Waals surface area contributed by atoms with Crippen molar-refractivity contribution in [1.82, 2.24) is 9.38 Å². The lowest BCUT2D eigenvalue weighted by Gasteiger charge is -2.10. The van der Waals surface area contributed by atoms with Gasteiger partial charge in [-0.05, 0) is 38.8 Å². The third kappa shape index (κ3) is 1.84. The summed E-state index contributed by atoms with van der Waals surface area (Å²) in [6, 6.07) is 6.62. The first-order valence-electron chi connectivity index (χ1n) is 6.39. The van der Waals surface area contributed by atoms with Gasteiger partial charge >= 0.3 is 0 Å². The Morgan fingerprint density at radius 2 is 2.24 bits per heavy atom. The number of hydrogen-bond donors (Lipinski definition) is 1. The number of imidazole rings is 1. The molecule has 0 saturated heterocycles. The van der Waals surface area contributed by atoms with E-state index >= 15 is 0 Å². The van der Waals surface area contributed by atoms with E-state index in [1.54, 1.807) is 0 Å². The first-order valence-corrected chi connectivity index (χ1v) is 6.39. The number of aromatic nitrogens is 2. The van der Waals surface area contributed by atoms with Crippen LogP contribution in [-0.2, 0) is 6.42 Å². The van der Waals surface area contributed by atoms with E-state index < -0.39 is 0 Å². The Kier molecular flexibility index (Phi) is 2.44. The van der Waals surface area contributed by atoms with Crippen molar-refractivity contribution < 1.29 is 0 Å². The first-order chi connectivity index (χ1) is 8.16. The standard InChI is InChI=1S/C14H19N3/c1-9(15)8-12-4-3-5-13-10(2)16-14(17(12)13)11-6-7-11/h3-5,9,11H,6-8,15H2,1-2H3. The molecule has 17 heavy (non-hydrogen) atoms. The zero-order valence-corrected chi connectivity index (χ0v) is 10.5. The van der Waals surface area contributed by atoms with Crippen LogP contribution < -0.4 is 5.73 Å². The normalized spacial score (nSPS) is 17.6. The van der Waals surface area contributed by atoms with Crippen LogP contribution in [0, 0.1) is 6.92 Å². The Bertz CT molecular complexity index is 550. The molecule has 1 aliphatic carbocycles. The molecule has 0 bridgehead atoms. The zero-order chi connectivity index (χ0) is 12.0. The monoisotopic (exact) mass is 229 g/mol. The summed E-state index contributed by atoms with van der Waals surface area (Å²) in [5, 5.41) is 0. The maximum absolute atomic E-state index is 5.93. The number of pyridine rings is 1. The molecule has 0 amide bonds. The highest BCUT2D eigenvalue weighted by Gasteiger charge is 2.29. The molecule has 2 aromatic rings. The third-order valence-corrected chi connectivity index (χ3v) is 3.43. The van der Waals surface area contributed by atoms with Crippen molar-refractivity contribution in [2.75, 3.05) is 0 Å². The van der Waals surface area contributed by atoms with E-state index in [-0.39, 0.29) is 6.04 Å². The quantitative estimate of drug-likeness (QED) is 0.878. The average Bonchev–Trinajstić information content (AvgIpc) is 3.05. The van der Waals surface area contributed by atoms with E-state index in [0.717, 1.165) is 12.1 Å². The molecule has 2 N–H and O–H groups in total. The predicted octanol–water partition coefficient (Wildman–Crippen LogP) is 2.41. The van der Waals surface area contributed by atoms with E-state index in [0.29, 0.717) is 5.92 Å². The van der Waals surface area contributed by atoms with Gasteiger partial charge in [0.05, 0.1) is 11.2 Å². The SMILES string of the molecule is Cc1nc(C2CC2)n2c(CC(C)N)cccc12. The van der Waals surface area contributed by atoms with E-state index in [2.05, 4.69) is 36.4 Å². The Balaban J connectivity index is 2.20. The van der Waals surface area contributed by atoms with E-state index in [9.17, 15) is 0 Å². The Hall–Kier alpha value is -1.35. The minimum Gasteiger partial charge on any atom is -0.328 e. The van der Waals surface area contributed by atoms with Crippen molar-refractivity contribution in [3.05, 3.63) is 35.4 Å². The minimum atomic E-state index is 0.190. The largest absolute Gasteiger partial charge is 0.328 e. The Morgan fingerprint density at radius 1 is 1.47 bits per heavy atom. The number of rotatable bonds is 3. The molecule has 1 atom stereocenters. The summed E-state index contributed by atoms with van der Waals surface area (Å²) in [6.07, 6.45) is 3.48. The fraction of sp³-hybridized carbons (Fsp3) is 0.500. The zero-order valence-electron chi connectivity index (χ0n) is 10.5. The minimum absolute atomic E-state index is 0.190. The van der Waals surface area contributed by atoms with Gasteiger partial charge in [0.25, 0.3) is 0 Å². The Labute approximate surface area is 102 Å². The number of fused-ring (bicyclic) bond motifs is 1. The van der Waals surface area contributed by atoms with E-state index in [1.165, 1.54) is 29.9 Å². The van der Waals surface area contributed by atoms with Gasteiger partial charge in [-0.25, -0.2) is 4.98 Å². The van der Waals surface area contributed by atoms with Crippen molar-refractivity contribution in [3.63, 3.8) is 0 Å². The van der Waals surface area contributed by atoms with Gasteiger partial charge in [-0.15, -0.1) is 0 Å². The molecule has 0 radical (unpaired) electrons. The number of aryl methyl sites for hydroxylation is 1. The van der Waals surface area contributed by atoms with Crippen LogP contribution in [0.5, 0.6) is 0 Å². The molecule has 3 rings (SSSR count). The summed E-state index contributed by atoms with van der Waals surface area (Å²) < 4.78 is 2.33. The number of hydrogen-bond acceptors (Lipinski definition) is 2. The molecule has 90 valence electrons. The van der Waals surface area contributed by atoms with Crippen LogP contribution in [0.2, 0.25) is 0 Å². The second-order valence-electron chi connectivity index (χ2n) is 5.25. The van der Waals surface area contributed by atoms with Gasteiger partial charge < -0.3 is 10.1 Å². The van der Waals surface area contributed by atoms with E-state index in [1.807, 2.05) is 0 Å². The topological polar surface area (TPSA) is 43.3 Å². The highest BCUT2D eigenvalue weighted by atomic mass is 15.1. The summed E-state index contributed by atoms with van der Waals surface area (Å²) in [5.74, 6) is 1.92. The molecule has 0 aromatic carbocycles. The molecular weight excluding hydrogens is 210 g/mol. The maximum Gasteiger partial charge on any atom is 0.116 e. The molecule has 2 aromatic heterocycles. The molecule has 3 nitrogen and oxygen atoms in total. The highest BCUT2D eigenvalue weighted by molar-refractivity contribution is 5.54. The van der Waals surface area contributed by atoms with Crippen LogP contribution in [0.3, 0.4) is 0 Å².